The Morgan fingerprint density at radius 1 is 1.28 bits per heavy atom. The zero-order valence-corrected chi connectivity index (χ0v) is 11.7. The SMILES string of the molecule is CCOCCN(CC)C(=O)c1ccc(N)cc1.Cl. The molecule has 0 heterocycles. The lowest BCUT2D eigenvalue weighted by Crippen LogP contribution is -2.33. The van der Waals surface area contributed by atoms with Crippen molar-refractivity contribution in [3.8, 4) is 0 Å². The van der Waals surface area contributed by atoms with Gasteiger partial charge in [-0.1, -0.05) is 0 Å². The van der Waals surface area contributed by atoms with E-state index in [1.807, 2.05) is 13.8 Å². The number of amides is 1. The molecule has 1 aromatic rings. The number of benzene rings is 1. The maximum atomic E-state index is 12.1. The topological polar surface area (TPSA) is 55.6 Å². The molecule has 0 unspecified atom stereocenters. The first-order valence-electron chi connectivity index (χ1n) is 5.91. The lowest BCUT2D eigenvalue weighted by atomic mass is 10.2. The third kappa shape index (κ3) is 4.94. The number of carbonyl (C=O) groups is 1. The van der Waals surface area contributed by atoms with E-state index < -0.39 is 0 Å². The van der Waals surface area contributed by atoms with Gasteiger partial charge in [0.15, 0.2) is 0 Å². The summed E-state index contributed by atoms with van der Waals surface area (Å²) in [6.45, 7) is 6.45. The van der Waals surface area contributed by atoms with E-state index >= 15 is 0 Å². The van der Waals surface area contributed by atoms with E-state index in [4.69, 9.17) is 10.5 Å². The van der Waals surface area contributed by atoms with Crippen molar-refractivity contribution in [1.82, 2.24) is 4.90 Å². The van der Waals surface area contributed by atoms with Crippen LogP contribution in [0.3, 0.4) is 0 Å². The maximum absolute atomic E-state index is 12.1. The summed E-state index contributed by atoms with van der Waals surface area (Å²) in [7, 11) is 0. The Morgan fingerprint density at radius 2 is 1.89 bits per heavy atom. The summed E-state index contributed by atoms with van der Waals surface area (Å²) in [6, 6.07) is 6.98. The first-order chi connectivity index (χ1) is 8.19. The van der Waals surface area contributed by atoms with Gasteiger partial charge < -0.3 is 15.4 Å². The van der Waals surface area contributed by atoms with Crippen LogP contribution in [0.2, 0.25) is 0 Å². The molecule has 0 saturated heterocycles. The summed E-state index contributed by atoms with van der Waals surface area (Å²) >= 11 is 0. The van der Waals surface area contributed by atoms with Gasteiger partial charge in [-0.3, -0.25) is 4.79 Å². The molecule has 0 bridgehead atoms. The summed E-state index contributed by atoms with van der Waals surface area (Å²) in [5.74, 6) is 0.0206. The zero-order chi connectivity index (χ0) is 12.7. The van der Waals surface area contributed by atoms with Crippen molar-refractivity contribution in [1.29, 1.82) is 0 Å². The summed E-state index contributed by atoms with van der Waals surface area (Å²) < 4.78 is 5.26. The summed E-state index contributed by atoms with van der Waals surface area (Å²) in [4.78, 5) is 13.9. The Labute approximate surface area is 115 Å². The minimum absolute atomic E-state index is 0. The molecule has 0 aliphatic heterocycles. The normalized spacial score (nSPS) is 9.67. The van der Waals surface area contributed by atoms with Crippen molar-refractivity contribution >= 4 is 24.0 Å². The van der Waals surface area contributed by atoms with Gasteiger partial charge in [-0.2, -0.15) is 0 Å². The molecule has 0 aliphatic rings. The van der Waals surface area contributed by atoms with E-state index in [-0.39, 0.29) is 18.3 Å². The highest BCUT2D eigenvalue weighted by molar-refractivity contribution is 5.94. The number of rotatable bonds is 6. The summed E-state index contributed by atoms with van der Waals surface area (Å²) in [6.07, 6.45) is 0. The van der Waals surface area contributed by atoms with Gasteiger partial charge >= 0.3 is 0 Å². The standard InChI is InChI=1S/C13H20N2O2.ClH/c1-3-15(9-10-17-4-2)13(16)11-5-7-12(14)8-6-11;/h5-8H,3-4,9-10,14H2,1-2H3;1H. The van der Waals surface area contributed by atoms with Crippen molar-refractivity contribution in [3.05, 3.63) is 29.8 Å². The van der Waals surface area contributed by atoms with Crippen molar-refractivity contribution < 1.29 is 9.53 Å². The fraction of sp³-hybridized carbons (Fsp3) is 0.462. The van der Waals surface area contributed by atoms with Crippen molar-refractivity contribution in [2.45, 2.75) is 13.8 Å². The molecule has 5 heteroatoms. The van der Waals surface area contributed by atoms with E-state index in [1.54, 1.807) is 29.2 Å². The first kappa shape index (κ1) is 16.7. The largest absolute Gasteiger partial charge is 0.399 e. The predicted molar refractivity (Wildman–Crippen MR) is 76.2 cm³/mol. The molecule has 0 spiro atoms. The molecule has 0 aliphatic carbocycles. The van der Waals surface area contributed by atoms with Gasteiger partial charge in [-0.25, -0.2) is 0 Å². The summed E-state index contributed by atoms with van der Waals surface area (Å²) in [5, 5.41) is 0. The van der Waals surface area contributed by atoms with Gasteiger partial charge in [-0.15, -0.1) is 12.4 Å². The molecule has 0 fully saturated rings. The van der Waals surface area contributed by atoms with Crippen LogP contribution < -0.4 is 5.73 Å². The number of nitrogen functional groups attached to an aromatic ring is 1. The Morgan fingerprint density at radius 3 is 2.39 bits per heavy atom. The molecule has 0 atom stereocenters. The van der Waals surface area contributed by atoms with Crippen LogP contribution in [0.4, 0.5) is 5.69 Å². The molecule has 0 aromatic heterocycles. The molecule has 4 nitrogen and oxygen atoms in total. The number of hydrogen-bond acceptors (Lipinski definition) is 3. The summed E-state index contributed by atoms with van der Waals surface area (Å²) in [5.41, 5.74) is 6.92. The first-order valence-corrected chi connectivity index (χ1v) is 5.91. The zero-order valence-electron chi connectivity index (χ0n) is 10.9. The monoisotopic (exact) mass is 272 g/mol. The molecular weight excluding hydrogens is 252 g/mol. The lowest BCUT2D eigenvalue weighted by molar-refractivity contribution is 0.0669. The molecule has 0 saturated carbocycles. The van der Waals surface area contributed by atoms with Crippen LogP contribution in [0, 0.1) is 0 Å². The fourth-order valence-corrected chi connectivity index (χ4v) is 1.53. The van der Waals surface area contributed by atoms with Crippen LogP contribution in [0.25, 0.3) is 0 Å². The van der Waals surface area contributed by atoms with Crippen LogP contribution in [0.15, 0.2) is 24.3 Å². The van der Waals surface area contributed by atoms with Crippen molar-refractivity contribution in [3.63, 3.8) is 0 Å². The highest BCUT2D eigenvalue weighted by Gasteiger charge is 2.13. The number of carbonyl (C=O) groups excluding carboxylic acids is 1. The minimum atomic E-state index is 0. The molecule has 2 N–H and O–H groups in total. The average molecular weight is 273 g/mol. The third-order valence-corrected chi connectivity index (χ3v) is 2.54. The molecule has 0 radical (unpaired) electrons. The van der Waals surface area contributed by atoms with E-state index in [2.05, 4.69) is 0 Å². The number of anilines is 1. The molecule has 102 valence electrons. The molecule has 1 amide bonds. The molecule has 1 aromatic carbocycles. The number of ether oxygens (including phenoxy) is 1. The van der Waals surface area contributed by atoms with Gasteiger partial charge in [-0.05, 0) is 38.1 Å². The second-order valence-electron chi connectivity index (χ2n) is 3.70. The van der Waals surface area contributed by atoms with E-state index in [1.165, 1.54) is 0 Å². The Kier molecular flexibility index (Phi) is 8.16. The molecule has 18 heavy (non-hydrogen) atoms. The highest BCUT2D eigenvalue weighted by Crippen LogP contribution is 2.08. The second kappa shape index (κ2) is 8.78. The number of hydrogen-bond donors (Lipinski definition) is 1. The third-order valence-electron chi connectivity index (χ3n) is 2.54. The van der Waals surface area contributed by atoms with Crippen LogP contribution in [0.5, 0.6) is 0 Å². The van der Waals surface area contributed by atoms with Crippen LogP contribution in [0.1, 0.15) is 24.2 Å². The lowest BCUT2D eigenvalue weighted by Gasteiger charge is -2.20. The molecular formula is C13H21ClN2O2. The van der Waals surface area contributed by atoms with Gasteiger partial charge in [0.05, 0.1) is 6.61 Å². The Bertz CT molecular complexity index is 355. The maximum Gasteiger partial charge on any atom is 0.253 e. The quantitative estimate of drug-likeness (QED) is 0.638. The number of halogens is 1. The predicted octanol–water partition coefficient (Wildman–Crippen LogP) is 2.19. The van der Waals surface area contributed by atoms with Gasteiger partial charge in [0.25, 0.3) is 5.91 Å². The number of nitrogens with zero attached hydrogens (tertiary/aromatic N) is 1. The smallest absolute Gasteiger partial charge is 0.253 e. The fourth-order valence-electron chi connectivity index (χ4n) is 1.53. The Balaban J connectivity index is 0.00000289. The van der Waals surface area contributed by atoms with Gasteiger partial charge in [0.1, 0.15) is 0 Å². The van der Waals surface area contributed by atoms with Crippen molar-refractivity contribution in [2.24, 2.45) is 0 Å². The average Bonchev–Trinajstić information content (AvgIpc) is 2.35. The number of nitrogens with two attached hydrogens (primary N) is 1. The van der Waals surface area contributed by atoms with Crippen LogP contribution in [-0.4, -0.2) is 37.1 Å². The van der Waals surface area contributed by atoms with Crippen LogP contribution >= 0.6 is 12.4 Å². The number of likely N-dealkylation sites (N-methyl/N-ethyl adjacent to an activating group) is 1. The van der Waals surface area contributed by atoms with Crippen LogP contribution in [-0.2, 0) is 4.74 Å². The second-order valence-corrected chi connectivity index (χ2v) is 3.70. The van der Waals surface area contributed by atoms with E-state index in [0.717, 1.165) is 0 Å². The van der Waals surface area contributed by atoms with Gasteiger partial charge in [0.2, 0.25) is 0 Å². The van der Waals surface area contributed by atoms with Crippen molar-refractivity contribution in [2.75, 3.05) is 32.0 Å². The minimum Gasteiger partial charge on any atom is -0.399 e. The van der Waals surface area contributed by atoms with Gasteiger partial charge in [0, 0.05) is 30.9 Å². The highest BCUT2D eigenvalue weighted by atomic mass is 35.5. The molecule has 1 rings (SSSR count). The Hall–Kier alpha value is -1.26. The van der Waals surface area contributed by atoms with E-state index in [0.29, 0.717) is 37.6 Å². The van der Waals surface area contributed by atoms with E-state index in [9.17, 15) is 4.79 Å².